The normalized spacial score (nSPS) is 16.4. The molecule has 88 valence electrons. The average molecular weight is 228 g/mol. The van der Waals surface area contributed by atoms with Crippen LogP contribution in [0.1, 0.15) is 0 Å². The Labute approximate surface area is 102 Å². The third-order valence-electron chi connectivity index (χ3n) is 3.36. The molecule has 0 spiro atoms. The highest BCUT2D eigenvalue weighted by Crippen LogP contribution is 2.24. The number of hydrogen-bond acceptors (Lipinski definition) is 2. The molecule has 1 aromatic heterocycles. The van der Waals surface area contributed by atoms with Crippen molar-refractivity contribution in [1.82, 2.24) is 5.32 Å². The fourth-order valence-electron chi connectivity index (χ4n) is 2.52. The van der Waals surface area contributed by atoms with Crippen LogP contribution in [-0.4, -0.2) is 26.2 Å². The highest BCUT2D eigenvalue weighted by atomic mass is 15.2. The average Bonchev–Trinajstić information content (AvgIpc) is 2.39. The van der Waals surface area contributed by atoms with Gasteiger partial charge in [0.25, 0.3) is 0 Å². The van der Waals surface area contributed by atoms with Gasteiger partial charge < -0.3 is 10.2 Å². The first kappa shape index (κ1) is 10.5. The minimum absolute atomic E-state index is 1.08. The molecule has 2 heterocycles. The quantitative estimate of drug-likeness (QED) is 0.736. The molecule has 0 aliphatic carbocycles. The maximum atomic E-state index is 3.40. The minimum atomic E-state index is 1.08. The van der Waals surface area contributed by atoms with E-state index in [4.69, 9.17) is 0 Å². The van der Waals surface area contributed by atoms with E-state index in [0.29, 0.717) is 0 Å². The fourth-order valence-corrected chi connectivity index (χ4v) is 2.52. The van der Waals surface area contributed by atoms with Crippen LogP contribution in [0.5, 0.6) is 0 Å². The number of aryl methyl sites for hydroxylation is 1. The van der Waals surface area contributed by atoms with Gasteiger partial charge in [0.1, 0.15) is 12.7 Å². The lowest BCUT2D eigenvalue weighted by molar-refractivity contribution is -0.669. The topological polar surface area (TPSA) is 19.1 Å². The van der Waals surface area contributed by atoms with Crippen molar-refractivity contribution in [2.24, 2.45) is 7.05 Å². The predicted molar refractivity (Wildman–Crippen MR) is 70.2 cm³/mol. The van der Waals surface area contributed by atoms with Crippen molar-refractivity contribution in [3.8, 4) is 0 Å². The molecule has 0 atom stereocenters. The molecule has 0 amide bonds. The number of rotatable bonds is 1. The van der Waals surface area contributed by atoms with Crippen molar-refractivity contribution in [1.29, 1.82) is 0 Å². The van der Waals surface area contributed by atoms with E-state index in [1.807, 2.05) is 0 Å². The van der Waals surface area contributed by atoms with Crippen LogP contribution in [0.25, 0.3) is 10.8 Å². The van der Waals surface area contributed by atoms with Crippen LogP contribution in [0, 0.1) is 0 Å². The summed E-state index contributed by atoms with van der Waals surface area (Å²) < 4.78 is 2.15. The molecule has 3 heteroatoms. The zero-order valence-electron chi connectivity index (χ0n) is 10.2. The maximum absolute atomic E-state index is 3.40. The Kier molecular flexibility index (Phi) is 2.69. The second-order valence-electron chi connectivity index (χ2n) is 4.63. The zero-order valence-corrected chi connectivity index (χ0v) is 10.2. The molecule has 3 nitrogen and oxygen atoms in total. The number of anilines is 1. The molecule has 1 aliphatic heterocycles. The number of hydrogen-bond donors (Lipinski definition) is 1. The van der Waals surface area contributed by atoms with Gasteiger partial charge >= 0.3 is 0 Å². The van der Waals surface area contributed by atoms with Gasteiger partial charge in [-0.25, -0.2) is 4.57 Å². The van der Waals surface area contributed by atoms with Crippen LogP contribution >= 0.6 is 0 Å². The van der Waals surface area contributed by atoms with Gasteiger partial charge in [-0.05, 0) is 6.07 Å². The van der Waals surface area contributed by atoms with Crippen molar-refractivity contribution >= 4 is 16.5 Å². The smallest absolute Gasteiger partial charge is 0.192 e. The molecule has 1 saturated heterocycles. The zero-order chi connectivity index (χ0) is 11.7. The van der Waals surface area contributed by atoms with Crippen LogP contribution in [0.15, 0.2) is 36.7 Å². The summed E-state index contributed by atoms with van der Waals surface area (Å²) in [5.41, 5.74) is 1.35. The largest absolute Gasteiger partial charge is 0.364 e. The van der Waals surface area contributed by atoms with E-state index in [-0.39, 0.29) is 0 Å². The molecule has 1 aliphatic rings. The molecule has 0 bridgehead atoms. The van der Waals surface area contributed by atoms with Crippen molar-refractivity contribution < 1.29 is 4.57 Å². The summed E-state index contributed by atoms with van der Waals surface area (Å²) in [5.74, 6) is 0. The van der Waals surface area contributed by atoms with Crippen LogP contribution in [0.4, 0.5) is 5.69 Å². The minimum Gasteiger partial charge on any atom is -0.364 e. The first-order valence-corrected chi connectivity index (χ1v) is 6.18. The van der Waals surface area contributed by atoms with Crippen LogP contribution in [0.2, 0.25) is 0 Å². The number of pyridine rings is 1. The standard InChI is InChI=1S/C14H18N3/c1-16-10-12-4-2-3-5-13(12)14(11-16)17-8-6-15-7-9-17/h2-5,10-11,15H,6-9H2,1H3/q+1. The molecular formula is C14H18N3+. The Bertz CT molecular complexity index is 530. The first-order valence-electron chi connectivity index (χ1n) is 6.18. The van der Waals surface area contributed by atoms with E-state index < -0.39 is 0 Å². The lowest BCUT2D eigenvalue weighted by Crippen LogP contribution is -2.44. The second kappa shape index (κ2) is 4.34. The molecule has 1 aromatic carbocycles. The number of nitrogens with one attached hydrogen (secondary N) is 1. The van der Waals surface area contributed by atoms with Crippen molar-refractivity contribution in [3.05, 3.63) is 36.7 Å². The summed E-state index contributed by atoms with van der Waals surface area (Å²) in [7, 11) is 2.10. The van der Waals surface area contributed by atoms with Crippen LogP contribution < -0.4 is 14.8 Å². The lowest BCUT2D eigenvalue weighted by Gasteiger charge is -2.29. The van der Waals surface area contributed by atoms with Gasteiger partial charge in [0.05, 0.1) is 0 Å². The molecule has 0 saturated carbocycles. The Balaban J connectivity index is 2.13. The van der Waals surface area contributed by atoms with Gasteiger partial charge in [0.15, 0.2) is 12.4 Å². The molecule has 1 fully saturated rings. The second-order valence-corrected chi connectivity index (χ2v) is 4.63. The van der Waals surface area contributed by atoms with E-state index in [9.17, 15) is 0 Å². The molecule has 1 N–H and O–H groups in total. The predicted octanol–water partition coefficient (Wildman–Crippen LogP) is 1.07. The van der Waals surface area contributed by atoms with Crippen LogP contribution in [-0.2, 0) is 7.05 Å². The highest BCUT2D eigenvalue weighted by molar-refractivity contribution is 5.92. The van der Waals surface area contributed by atoms with Crippen molar-refractivity contribution in [2.45, 2.75) is 0 Å². The maximum Gasteiger partial charge on any atom is 0.192 e. The highest BCUT2D eigenvalue weighted by Gasteiger charge is 2.16. The van der Waals surface area contributed by atoms with Crippen molar-refractivity contribution in [3.63, 3.8) is 0 Å². The van der Waals surface area contributed by atoms with Gasteiger partial charge in [-0.3, -0.25) is 0 Å². The summed E-state index contributed by atoms with van der Waals surface area (Å²) in [4.78, 5) is 2.47. The number of benzene rings is 1. The first-order chi connectivity index (χ1) is 8.34. The van der Waals surface area contributed by atoms with E-state index in [1.165, 1.54) is 16.5 Å². The summed E-state index contributed by atoms with van der Waals surface area (Å²) in [5, 5.41) is 6.06. The summed E-state index contributed by atoms with van der Waals surface area (Å²) in [6.45, 7) is 4.34. The fraction of sp³-hybridized carbons (Fsp3) is 0.357. The SMILES string of the molecule is C[n+]1cc(N2CCNCC2)c2ccccc2c1. The Hall–Kier alpha value is -1.61. The number of piperazine rings is 1. The van der Waals surface area contributed by atoms with Gasteiger partial charge in [0.2, 0.25) is 0 Å². The monoisotopic (exact) mass is 228 g/mol. The third-order valence-corrected chi connectivity index (χ3v) is 3.36. The van der Waals surface area contributed by atoms with E-state index >= 15 is 0 Å². The van der Waals surface area contributed by atoms with Gasteiger partial charge in [-0.1, -0.05) is 18.2 Å². The van der Waals surface area contributed by atoms with Crippen LogP contribution in [0.3, 0.4) is 0 Å². The molecular weight excluding hydrogens is 210 g/mol. The number of nitrogens with zero attached hydrogens (tertiary/aromatic N) is 2. The van der Waals surface area contributed by atoms with E-state index in [2.05, 4.69) is 58.5 Å². The molecule has 3 rings (SSSR count). The Morgan fingerprint density at radius 2 is 1.88 bits per heavy atom. The Morgan fingerprint density at radius 1 is 1.12 bits per heavy atom. The lowest BCUT2D eigenvalue weighted by atomic mass is 10.1. The van der Waals surface area contributed by atoms with E-state index in [0.717, 1.165) is 26.2 Å². The number of aromatic nitrogens is 1. The third kappa shape index (κ3) is 1.98. The molecule has 0 unspecified atom stereocenters. The molecule has 17 heavy (non-hydrogen) atoms. The Morgan fingerprint density at radius 3 is 2.71 bits per heavy atom. The van der Waals surface area contributed by atoms with Gasteiger partial charge in [0, 0.05) is 37.0 Å². The summed E-state index contributed by atoms with van der Waals surface area (Å²) in [6, 6.07) is 8.62. The molecule has 0 radical (unpaired) electrons. The summed E-state index contributed by atoms with van der Waals surface area (Å²) in [6.07, 6.45) is 4.41. The van der Waals surface area contributed by atoms with Gasteiger partial charge in [-0.2, -0.15) is 0 Å². The number of fused-ring (bicyclic) bond motifs is 1. The van der Waals surface area contributed by atoms with E-state index in [1.54, 1.807) is 0 Å². The van der Waals surface area contributed by atoms with Gasteiger partial charge in [-0.15, -0.1) is 0 Å². The van der Waals surface area contributed by atoms with Crippen molar-refractivity contribution in [2.75, 3.05) is 31.1 Å². The molecule has 2 aromatic rings. The summed E-state index contributed by atoms with van der Waals surface area (Å²) >= 11 is 0.